The molecule has 0 amide bonds. The lowest BCUT2D eigenvalue weighted by Gasteiger charge is -2.21. The van der Waals surface area contributed by atoms with Crippen LogP contribution < -0.4 is 5.32 Å². The minimum absolute atomic E-state index is 0.104. The molecular weight excluding hydrogens is 353 g/mol. The molecule has 4 heteroatoms. The summed E-state index contributed by atoms with van der Waals surface area (Å²) in [6.45, 7) is 4.97. The van der Waals surface area contributed by atoms with Crippen LogP contribution in [0.4, 0.5) is 4.39 Å². The van der Waals surface area contributed by atoms with E-state index in [1.54, 1.807) is 12.1 Å². The van der Waals surface area contributed by atoms with Crippen molar-refractivity contribution < 1.29 is 4.39 Å². The highest BCUT2D eigenvalue weighted by atomic mass is 79.9. The third kappa shape index (κ3) is 4.29. The van der Waals surface area contributed by atoms with E-state index in [1.165, 1.54) is 11.6 Å². The van der Waals surface area contributed by atoms with Crippen molar-refractivity contribution in [3.05, 3.63) is 68.4 Å². The van der Waals surface area contributed by atoms with Gasteiger partial charge in [-0.2, -0.15) is 0 Å². The Bertz CT molecular complexity index is 630. The van der Waals surface area contributed by atoms with E-state index in [2.05, 4.69) is 35.1 Å². The first-order chi connectivity index (χ1) is 10.0. The third-order valence-electron chi connectivity index (χ3n) is 3.50. The van der Waals surface area contributed by atoms with Gasteiger partial charge in [0.15, 0.2) is 0 Å². The fourth-order valence-corrected chi connectivity index (χ4v) is 3.03. The van der Waals surface area contributed by atoms with E-state index < -0.39 is 0 Å². The number of nitrogens with one attached hydrogen (secondary N) is 1. The molecule has 1 unspecified atom stereocenters. The first kappa shape index (κ1) is 16.5. The molecule has 21 heavy (non-hydrogen) atoms. The Morgan fingerprint density at radius 1 is 1.24 bits per heavy atom. The highest BCUT2D eigenvalue weighted by Crippen LogP contribution is 2.28. The number of aryl methyl sites for hydroxylation is 1. The van der Waals surface area contributed by atoms with Gasteiger partial charge in [-0.25, -0.2) is 4.39 Å². The normalized spacial score (nSPS) is 12.4. The van der Waals surface area contributed by atoms with E-state index >= 15 is 0 Å². The van der Waals surface area contributed by atoms with Crippen molar-refractivity contribution in [2.75, 3.05) is 6.54 Å². The number of benzene rings is 2. The van der Waals surface area contributed by atoms with Crippen molar-refractivity contribution in [2.24, 2.45) is 0 Å². The summed E-state index contributed by atoms with van der Waals surface area (Å²) in [5.41, 5.74) is 3.28. The molecule has 1 atom stereocenters. The van der Waals surface area contributed by atoms with Gasteiger partial charge in [-0.1, -0.05) is 40.5 Å². The van der Waals surface area contributed by atoms with Crippen LogP contribution in [0.1, 0.15) is 29.7 Å². The van der Waals surface area contributed by atoms with Gasteiger partial charge in [0.05, 0.1) is 0 Å². The minimum atomic E-state index is -0.216. The molecule has 112 valence electrons. The Hall–Kier alpha value is -0.900. The standard InChI is InChI=1S/C17H18BrClFN/c1-3-21-17(15-10-13(19)5-4-11(15)2)9-12-8-14(20)6-7-16(12)18/h4-8,10,17,21H,3,9H2,1-2H3. The second kappa shape index (κ2) is 7.39. The van der Waals surface area contributed by atoms with E-state index in [0.29, 0.717) is 6.42 Å². The zero-order valence-electron chi connectivity index (χ0n) is 12.1. The average molecular weight is 371 g/mol. The molecule has 2 aromatic rings. The van der Waals surface area contributed by atoms with E-state index in [9.17, 15) is 4.39 Å². The van der Waals surface area contributed by atoms with Crippen molar-refractivity contribution in [1.29, 1.82) is 0 Å². The molecule has 0 bridgehead atoms. The van der Waals surface area contributed by atoms with Crippen molar-refractivity contribution in [1.82, 2.24) is 5.32 Å². The molecular formula is C17H18BrClFN. The molecule has 0 saturated heterocycles. The lowest BCUT2D eigenvalue weighted by atomic mass is 9.95. The van der Waals surface area contributed by atoms with Crippen molar-refractivity contribution in [2.45, 2.75) is 26.3 Å². The van der Waals surface area contributed by atoms with Crippen molar-refractivity contribution in [3.63, 3.8) is 0 Å². The first-order valence-corrected chi connectivity index (χ1v) is 8.11. The van der Waals surface area contributed by atoms with Gasteiger partial charge in [-0.15, -0.1) is 0 Å². The second-order valence-corrected chi connectivity index (χ2v) is 6.34. The summed E-state index contributed by atoms with van der Waals surface area (Å²) in [6.07, 6.45) is 0.702. The number of halogens is 3. The molecule has 0 spiro atoms. The summed E-state index contributed by atoms with van der Waals surface area (Å²) in [4.78, 5) is 0. The minimum Gasteiger partial charge on any atom is -0.310 e. The number of hydrogen-bond donors (Lipinski definition) is 1. The number of rotatable bonds is 5. The van der Waals surface area contributed by atoms with Crippen LogP contribution in [-0.4, -0.2) is 6.54 Å². The van der Waals surface area contributed by atoms with Crippen molar-refractivity contribution >= 4 is 27.5 Å². The Balaban J connectivity index is 2.35. The van der Waals surface area contributed by atoms with E-state index in [4.69, 9.17) is 11.6 Å². The molecule has 0 fully saturated rings. The average Bonchev–Trinajstić information content (AvgIpc) is 2.45. The zero-order chi connectivity index (χ0) is 15.4. The van der Waals surface area contributed by atoms with Gasteiger partial charge in [0.25, 0.3) is 0 Å². The van der Waals surface area contributed by atoms with Crippen LogP contribution in [0.2, 0.25) is 5.02 Å². The van der Waals surface area contributed by atoms with Crippen LogP contribution in [0.5, 0.6) is 0 Å². The first-order valence-electron chi connectivity index (χ1n) is 6.94. The van der Waals surface area contributed by atoms with Crippen LogP contribution >= 0.6 is 27.5 Å². The van der Waals surface area contributed by atoms with Gasteiger partial charge in [0.1, 0.15) is 5.82 Å². The van der Waals surface area contributed by atoms with Crippen LogP contribution in [0, 0.1) is 12.7 Å². The third-order valence-corrected chi connectivity index (χ3v) is 4.51. The van der Waals surface area contributed by atoms with Gasteiger partial charge in [-0.3, -0.25) is 0 Å². The van der Waals surface area contributed by atoms with E-state index in [1.807, 2.05) is 18.2 Å². The fraction of sp³-hybridized carbons (Fsp3) is 0.294. The van der Waals surface area contributed by atoms with Gasteiger partial charge in [0.2, 0.25) is 0 Å². The maximum atomic E-state index is 13.5. The molecule has 0 aliphatic heterocycles. The van der Waals surface area contributed by atoms with Gasteiger partial charge in [0, 0.05) is 15.5 Å². The summed E-state index contributed by atoms with van der Waals surface area (Å²) < 4.78 is 14.4. The molecule has 2 rings (SSSR count). The van der Waals surface area contributed by atoms with Crippen LogP contribution in [0.3, 0.4) is 0 Å². The monoisotopic (exact) mass is 369 g/mol. The largest absolute Gasteiger partial charge is 0.310 e. The molecule has 0 aromatic heterocycles. The van der Waals surface area contributed by atoms with E-state index in [-0.39, 0.29) is 11.9 Å². The molecule has 0 aliphatic rings. The number of likely N-dealkylation sites (N-methyl/N-ethyl adjacent to an activating group) is 1. The Morgan fingerprint density at radius 2 is 2.00 bits per heavy atom. The second-order valence-electron chi connectivity index (χ2n) is 5.05. The highest BCUT2D eigenvalue weighted by molar-refractivity contribution is 9.10. The highest BCUT2D eigenvalue weighted by Gasteiger charge is 2.16. The summed E-state index contributed by atoms with van der Waals surface area (Å²) in [6, 6.07) is 10.8. The SMILES string of the molecule is CCNC(Cc1cc(F)ccc1Br)c1cc(Cl)ccc1C. The van der Waals surface area contributed by atoms with Crippen LogP contribution in [0.25, 0.3) is 0 Å². The molecule has 1 nitrogen and oxygen atoms in total. The zero-order valence-corrected chi connectivity index (χ0v) is 14.4. The maximum Gasteiger partial charge on any atom is 0.123 e. The Morgan fingerprint density at radius 3 is 2.71 bits per heavy atom. The summed E-state index contributed by atoms with van der Waals surface area (Å²) in [7, 11) is 0. The molecule has 0 saturated carbocycles. The summed E-state index contributed by atoms with van der Waals surface area (Å²) in [5.74, 6) is -0.216. The quantitative estimate of drug-likeness (QED) is 0.738. The number of hydrogen-bond acceptors (Lipinski definition) is 1. The Kier molecular flexibility index (Phi) is 5.80. The van der Waals surface area contributed by atoms with Crippen LogP contribution in [-0.2, 0) is 6.42 Å². The lowest BCUT2D eigenvalue weighted by Crippen LogP contribution is -2.24. The summed E-state index contributed by atoms with van der Waals surface area (Å²) >= 11 is 9.62. The lowest BCUT2D eigenvalue weighted by molar-refractivity contribution is 0.543. The molecule has 1 N–H and O–H groups in total. The molecule has 0 radical (unpaired) electrons. The molecule has 0 aliphatic carbocycles. The maximum absolute atomic E-state index is 13.5. The topological polar surface area (TPSA) is 12.0 Å². The Labute approximate surface area is 138 Å². The van der Waals surface area contributed by atoms with Gasteiger partial charge >= 0.3 is 0 Å². The smallest absolute Gasteiger partial charge is 0.123 e. The van der Waals surface area contributed by atoms with Crippen LogP contribution in [0.15, 0.2) is 40.9 Å². The predicted octanol–water partition coefficient (Wildman–Crippen LogP) is 5.44. The van der Waals surface area contributed by atoms with Gasteiger partial charge < -0.3 is 5.32 Å². The summed E-state index contributed by atoms with van der Waals surface area (Å²) in [5, 5.41) is 4.18. The predicted molar refractivity (Wildman–Crippen MR) is 90.4 cm³/mol. The molecule has 0 heterocycles. The van der Waals surface area contributed by atoms with Crippen molar-refractivity contribution in [3.8, 4) is 0 Å². The fourth-order valence-electron chi connectivity index (χ4n) is 2.44. The van der Waals surface area contributed by atoms with E-state index in [0.717, 1.165) is 27.2 Å². The molecule has 2 aromatic carbocycles. The van der Waals surface area contributed by atoms with Gasteiger partial charge in [-0.05, 0) is 66.9 Å².